The monoisotopic (exact) mass is 468 g/mol. The van der Waals surface area contributed by atoms with Crippen molar-refractivity contribution in [2.45, 2.75) is 38.3 Å². The van der Waals surface area contributed by atoms with E-state index in [0.29, 0.717) is 18.6 Å². The second-order valence-electron chi connectivity index (χ2n) is 8.56. The van der Waals surface area contributed by atoms with Gasteiger partial charge in [-0.25, -0.2) is 9.59 Å². The average molecular weight is 469 g/mol. The van der Waals surface area contributed by atoms with Gasteiger partial charge in [0.2, 0.25) is 0 Å². The number of ketones is 1. The van der Waals surface area contributed by atoms with Gasteiger partial charge in [-0.05, 0) is 31.0 Å². The van der Waals surface area contributed by atoms with Crippen molar-refractivity contribution in [2.75, 3.05) is 20.1 Å². The first-order chi connectivity index (χ1) is 16.2. The zero-order valence-corrected chi connectivity index (χ0v) is 19.3. The number of likely N-dealkylation sites (tertiary alicyclic amines) is 1. The number of nitrogens with zero attached hydrogens (tertiary/aromatic N) is 2. The number of urea groups is 1. The van der Waals surface area contributed by atoms with Crippen molar-refractivity contribution in [3.8, 4) is 5.75 Å². The second-order valence-corrected chi connectivity index (χ2v) is 8.56. The minimum absolute atomic E-state index is 0.183. The summed E-state index contributed by atoms with van der Waals surface area (Å²) in [5.74, 6) is -0.103. The van der Waals surface area contributed by atoms with Crippen molar-refractivity contribution in [3.05, 3.63) is 66.2 Å². The van der Waals surface area contributed by atoms with E-state index in [1.165, 1.54) is 7.05 Å². The fraction of sp³-hybridized carbons (Fsp3) is 0.360. The number of hydrogen-bond acceptors (Lipinski definition) is 5. The molecule has 9 nitrogen and oxygen atoms in total. The maximum atomic E-state index is 13.2. The highest BCUT2D eigenvalue weighted by Crippen LogP contribution is 2.29. The summed E-state index contributed by atoms with van der Waals surface area (Å²) in [4.78, 5) is 52.0. The third-order valence-electron chi connectivity index (χ3n) is 6.20. The summed E-state index contributed by atoms with van der Waals surface area (Å²) in [7, 11) is 1.41. The van der Waals surface area contributed by atoms with E-state index in [1.54, 1.807) is 37.3 Å². The molecule has 2 aromatic rings. The number of rotatable bonds is 7. The van der Waals surface area contributed by atoms with Gasteiger partial charge < -0.3 is 15.2 Å². The van der Waals surface area contributed by atoms with Gasteiger partial charge >= 0.3 is 18.2 Å². The highest BCUT2D eigenvalue weighted by molar-refractivity contribution is 5.92. The summed E-state index contributed by atoms with van der Waals surface area (Å²) in [5, 5.41) is 12.4. The predicted molar refractivity (Wildman–Crippen MR) is 124 cm³/mol. The van der Waals surface area contributed by atoms with Crippen LogP contribution < -0.4 is 10.1 Å². The molecule has 3 rings (SSSR count). The zero-order valence-electron chi connectivity index (χ0n) is 19.3. The van der Waals surface area contributed by atoms with Crippen LogP contribution in [0.15, 0.2) is 60.7 Å². The third kappa shape index (κ3) is 5.60. The number of Topliss-reactive ketones (excluding diaryl/α,β-unsaturated/α-hetero) is 1. The minimum atomic E-state index is -1.22. The van der Waals surface area contributed by atoms with E-state index in [2.05, 4.69) is 5.32 Å². The molecule has 9 heteroatoms. The Hall–Kier alpha value is -3.72. The summed E-state index contributed by atoms with van der Waals surface area (Å²) in [5.41, 5.74) is 0.817. The quantitative estimate of drug-likeness (QED) is 0.600. The Kier molecular flexibility index (Phi) is 8.01. The first-order valence-electron chi connectivity index (χ1n) is 11.2. The Labute approximate surface area is 198 Å². The number of imide groups is 1. The van der Waals surface area contributed by atoms with Crippen molar-refractivity contribution in [2.24, 2.45) is 0 Å². The zero-order chi connectivity index (χ0) is 24.7. The molecule has 2 N–H and O–H groups in total. The maximum Gasteiger partial charge on any atom is 0.523 e. The molecule has 180 valence electrons. The smallest absolute Gasteiger partial charge is 0.435 e. The Balaban J connectivity index is 1.74. The number of nitrogens with one attached hydrogen (secondary N) is 1. The number of amides is 4. The fourth-order valence-electron chi connectivity index (χ4n) is 4.31. The van der Waals surface area contributed by atoms with Crippen molar-refractivity contribution >= 4 is 24.0 Å². The molecular weight excluding hydrogens is 438 g/mol. The molecule has 3 atom stereocenters. The van der Waals surface area contributed by atoms with Crippen LogP contribution in [0.25, 0.3) is 0 Å². The summed E-state index contributed by atoms with van der Waals surface area (Å²) >= 11 is 0. The number of para-hydroxylation sites is 1. The SMILES string of the molecule is CC1CCC[N@@+]1(C(=O)O)C(=O)N(C)CC(=O)C(Cc1ccccc1)NC(=O)Oc1ccccc1. The Morgan fingerprint density at radius 3 is 2.26 bits per heavy atom. The molecule has 0 spiro atoms. The van der Waals surface area contributed by atoms with Crippen molar-refractivity contribution in [3.63, 3.8) is 0 Å². The molecule has 2 unspecified atom stereocenters. The molecule has 1 saturated heterocycles. The number of quaternary nitrogens is 1. The molecule has 0 radical (unpaired) electrons. The van der Waals surface area contributed by atoms with Crippen LogP contribution in [0, 0.1) is 0 Å². The van der Waals surface area contributed by atoms with Gasteiger partial charge in [-0.15, -0.1) is 4.48 Å². The lowest BCUT2D eigenvalue weighted by atomic mass is 10.0. The first kappa shape index (κ1) is 24.9. The second kappa shape index (κ2) is 10.9. The fourth-order valence-corrected chi connectivity index (χ4v) is 4.31. The molecule has 1 heterocycles. The molecule has 2 aromatic carbocycles. The van der Waals surface area contributed by atoms with Crippen molar-refractivity contribution in [1.82, 2.24) is 10.2 Å². The largest absolute Gasteiger partial charge is 0.523 e. The van der Waals surface area contributed by atoms with Gasteiger partial charge in [0.1, 0.15) is 11.8 Å². The Bertz CT molecular complexity index is 1030. The normalized spacial score (nSPS) is 20.2. The molecule has 0 aromatic heterocycles. The number of carboxylic acid groups (broad SMARTS) is 1. The molecule has 1 aliphatic rings. The molecular formula is C25H30N3O6+. The Morgan fingerprint density at radius 1 is 1.09 bits per heavy atom. The van der Waals surface area contributed by atoms with Crippen LogP contribution in [0.5, 0.6) is 5.75 Å². The molecule has 1 fully saturated rings. The van der Waals surface area contributed by atoms with E-state index in [1.807, 2.05) is 30.3 Å². The van der Waals surface area contributed by atoms with Crippen LogP contribution in [0.4, 0.5) is 14.4 Å². The predicted octanol–water partition coefficient (Wildman–Crippen LogP) is 3.68. The maximum absolute atomic E-state index is 13.2. The van der Waals surface area contributed by atoms with Gasteiger partial charge in [-0.2, -0.15) is 4.79 Å². The number of carbonyl (C=O) groups is 4. The molecule has 1 aliphatic heterocycles. The number of benzene rings is 2. The summed E-state index contributed by atoms with van der Waals surface area (Å²) in [6.07, 6.45) is -0.592. The number of hydrogen-bond donors (Lipinski definition) is 2. The molecule has 34 heavy (non-hydrogen) atoms. The van der Waals surface area contributed by atoms with Crippen molar-refractivity contribution in [1.29, 1.82) is 0 Å². The summed E-state index contributed by atoms with van der Waals surface area (Å²) < 4.78 is 4.54. The standard InChI is InChI=1S/C25H29N3O6/c1-18-10-9-15-28(18,25(32)33)24(31)27(2)17-22(29)21(16-19-11-5-3-6-12-19)26-23(30)34-20-13-7-4-8-14-20/h3-8,11-14,18,21H,9-10,15-17H2,1-2H3,(H-,26,30,32,33)/p+1/t18?,21?,28-/m0/s1. The number of likely N-dealkylation sites (N-methyl/N-ethyl adjacent to an activating group) is 1. The highest BCUT2D eigenvalue weighted by Gasteiger charge is 2.54. The summed E-state index contributed by atoms with van der Waals surface area (Å²) in [6, 6.07) is 15.6. The topological polar surface area (TPSA) is 113 Å². The third-order valence-corrected chi connectivity index (χ3v) is 6.20. The van der Waals surface area contributed by atoms with E-state index < -0.39 is 34.5 Å². The lowest BCUT2D eigenvalue weighted by Crippen LogP contribution is -2.63. The summed E-state index contributed by atoms with van der Waals surface area (Å²) in [6.45, 7) is 1.57. The first-order valence-corrected chi connectivity index (χ1v) is 11.2. The van der Waals surface area contributed by atoms with Gasteiger partial charge in [-0.1, -0.05) is 48.5 Å². The van der Waals surface area contributed by atoms with E-state index in [9.17, 15) is 24.3 Å². The molecule has 0 bridgehead atoms. The van der Waals surface area contributed by atoms with Crippen molar-refractivity contribution < 1.29 is 33.5 Å². The Morgan fingerprint density at radius 2 is 1.71 bits per heavy atom. The van der Waals surface area contributed by atoms with Crippen LogP contribution in [0.1, 0.15) is 25.3 Å². The van der Waals surface area contributed by atoms with Crippen LogP contribution in [-0.2, 0) is 11.2 Å². The van der Waals surface area contributed by atoms with Crippen LogP contribution >= 0.6 is 0 Å². The van der Waals surface area contributed by atoms with Gasteiger partial charge in [0, 0.05) is 19.9 Å². The van der Waals surface area contributed by atoms with Crippen LogP contribution in [0.2, 0.25) is 0 Å². The average Bonchev–Trinajstić information content (AvgIpc) is 3.21. The van der Waals surface area contributed by atoms with Gasteiger partial charge in [-0.3, -0.25) is 9.69 Å². The van der Waals surface area contributed by atoms with Gasteiger partial charge in [0.25, 0.3) is 0 Å². The lowest BCUT2D eigenvalue weighted by molar-refractivity contribution is -0.790. The number of ether oxygens (including phenoxy) is 1. The van der Waals surface area contributed by atoms with Crippen LogP contribution in [0.3, 0.4) is 0 Å². The highest BCUT2D eigenvalue weighted by atomic mass is 16.6. The van der Waals surface area contributed by atoms with Gasteiger partial charge in [0.15, 0.2) is 5.78 Å². The molecule has 0 aliphatic carbocycles. The molecule has 4 amide bonds. The number of carbonyl (C=O) groups excluding carboxylic acids is 3. The molecule has 0 saturated carbocycles. The van der Waals surface area contributed by atoms with E-state index >= 15 is 0 Å². The lowest BCUT2D eigenvalue weighted by Gasteiger charge is -2.33. The van der Waals surface area contributed by atoms with Crippen LogP contribution in [-0.4, -0.2) is 70.7 Å². The van der Waals surface area contributed by atoms with Gasteiger partial charge in [0.05, 0.1) is 19.1 Å². The van der Waals surface area contributed by atoms with E-state index in [-0.39, 0.29) is 25.6 Å². The van der Waals surface area contributed by atoms with E-state index in [0.717, 1.165) is 10.5 Å². The van der Waals surface area contributed by atoms with E-state index in [4.69, 9.17) is 4.74 Å². The minimum Gasteiger partial charge on any atom is -0.435 e.